The lowest BCUT2D eigenvalue weighted by atomic mass is 10.1. The maximum atomic E-state index is 13.4. The van der Waals surface area contributed by atoms with Crippen LogP contribution in [0, 0.1) is 19.7 Å². The number of benzene rings is 2. The number of rotatable bonds is 3. The van der Waals surface area contributed by atoms with Crippen LogP contribution < -0.4 is 5.73 Å². The molecule has 2 rings (SSSR count). The maximum absolute atomic E-state index is 13.4. The standard InChI is InChI=1S/C15H15ClFNS/c1-9-3-10(2)5-11(4-9)8-19-15-7-13(17)12(16)6-14(15)18/h3-7H,8,18H2,1-2H3. The van der Waals surface area contributed by atoms with Crippen molar-refractivity contribution in [1.82, 2.24) is 0 Å². The monoisotopic (exact) mass is 295 g/mol. The average molecular weight is 296 g/mol. The molecule has 0 bridgehead atoms. The summed E-state index contributed by atoms with van der Waals surface area (Å²) in [6, 6.07) is 9.24. The molecular weight excluding hydrogens is 281 g/mol. The van der Waals surface area contributed by atoms with Gasteiger partial charge in [-0.15, -0.1) is 11.8 Å². The fourth-order valence-electron chi connectivity index (χ4n) is 1.98. The van der Waals surface area contributed by atoms with Gasteiger partial charge in [-0.2, -0.15) is 0 Å². The first kappa shape index (κ1) is 14.2. The summed E-state index contributed by atoms with van der Waals surface area (Å²) in [6.07, 6.45) is 0. The largest absolute Gasteiger partial charge is 0.398 e. The predicted octanol–water partition coefficient (Wildman–Crippen LogP) is 4.97. The van der Waals surface area contributed by atoms with Crippen LogP contribution in [0.1, 0.15) is 16.7 Å². The van der Waals surface area contributed by atoms with E-state index >= 15 is 0 Å². The lowest BCUT2D eigenvalue weighted by Crippen LogP contribution is -1.92. The minimum atomic E-state index is -0.432. The molecule has 0 aliphatic carbocycles. The van der Waals surface area contributed by atoms with E-state index in [9.17, 15) is 4.39 Å². The first-order chi connectivity index (χ1) is 8.95. The van der Waals surface area contributed by atoms with Crippen LogP contribution in [-0.2, 0) is 5.75 Å². The van der Waals surface area contributed by atoms with Crippen LogP contribution in [0.4, 0.5) is 10.1 Å². The Labute approximate surface area is 122 Å². The summed E-state index contributed by atoms with van der Waals surface area (Å²) in [4.78, 5) is 0.723. The van der Waals surface area contributed by atoms with Crippen molar-refractivity contribution < 1.29 is 4.39 Å². The number of thioether (sulfide) groups is 1. The zero-order chi connectivity index (χ0) is 14.0. The number of nitrogen functional groups attached to an aromatic ring is 1. The molecule has 0 amide bonds. The summed E-state index contributed by atoms with van der Waals surface area (Å²) < 4.78 is 13.4. The first-order valence-corrected chi connectivity index (χ1v) is 7.26. The van der Waals surface area contributed by atoms with E-state index in [0.29, 0.717) is 5.69 Å². The van der Waals surface area contributed by atoms with Crippen LogP contribution in [0.3, 0.4) is 0 Å². The summed E-state index contributed by atoms with van der Waals surface area (Å²) in [5, 5.41) is 0.0632. The van der Waals surface area contributed by atoms with Crippen LogP contribution in [0.2, 0.25) is 5.02 Å². The van der Waals surface area contributed by atoms with Crippen molar-refractivity contribution in [2.45, 2.75) is 24.5 Å². The molecule has 0 unspecified atom stereocenters. The fourth-order valence-corrected chi connectivity index (χ4v) is 3.06. The Morgan fingerprint density at radius 3 is 2.37 bits per heavy atom. The molecule has 0 aliphatic heterocycles. The van der Waals surface area contributed by atoms with Crippen LogP contribution >= 0.6 is 23.4 Å². The lowest BCUT2D eigenvalue weighted by molar-refractivity contribution is 0.625. The SMILES string of the molecule is Cc1cc(C)cc(CSc2cc(F)c(Cl)cc2N)c1. The number of aryl methyl sites for hydroxylation is 2. The minimum absolute atomic E-state index is 0.0632. The normalized spacial score (nSPS) is 10.7. The molecule has 2 aromatic rings. The minimum Gasteiger partial charge on any atom is -0.398 e. The van der Waals surface area contributed by atoms with Gasteiger partial charge in [0.25, 0.3) is 0 Å². The van der Waals surface area contributed by atoms with Gasteiger partial charge in [-0.05, 0) is 31.5 Å². The Morgan fingerprint density at radius 2 is 1.74 bits per heavy atom. The molecular formula is C15H15ClFNS. The predicted molar refractivity (Wildman–Crippen MR) is 81.3 cm³/mol. The zero-order valence-corrected chi connectivity index (χ0v) is 12.4. The van der Waals surface area contributed by atoms with Gasteiger partial charge in [-0.25, -0.2) is 4.39 Å². The fraction of sp³-hybridized carbons (Fsp3) is 0.200. The van der Waals surface area contributed by atoms with Crippen molar-refractivity contribution in [1.29, 1.82) is 0 Å². The Hall–Kier alpha value is -1.19. The van der Waals surface area contributed by atoms with E-state index in [0.717, 1.165) is 10.6 Å². The number of halogens is 2. The molecule has 0 fully saturated rings. The molecule has 0 spiro atoms. The highest BCUT2D eigenvalue weighted by atomic mass is 35.5. The smallest absolute Gasteiger partial charge is 0.143 e. The third-order valence-electron chi connectivity index (χ3n) is 2.73. The number of nitrogens with two attached hydrogens (primary N) is 1. The van der Waals surface area contributed by atoms with Gasteiger partial charge in [-0.3, -0.25) is 0 Å². The van der Waals surface area contributed by atoms with E-state index in [1.165, 1.54) is 40.6 Å². The molecule has 1 nitrogen and oxygen atoms in total. The van der Waals surface area contributed by atoms with Crippen molar-refractivity contribution in [3.63, 3.8) is 0 Å². The summed E-state index contributed by atoms with van der Waals surface area (Å²) in [5.74, 6) is 0.326. The van der Waals surface area contributed by atoms with Gasteiger partial charge < -0.3 is 5.73 Å². The van der Waals surface area contributed by atoms with Crippen LogP contribution in [0.15, 0.2) is 35.2 Å². The Bertz CT molecular complexity index is 593. The van der Waals surface area contributed by atoms with Crippen molar-refractivity contribution in [3.8, 4) is 0 Å². The quantitative estimate of drug-likeness (QED) is 0.639. The Balaban J connectivity index is 2.16. The van der Waals surface area contributed by atoms with E-state index in [1.54, 1.807) is 0 Å². The van der Waals surface area contributed by atoms with Gasteiger partial charge in [0.1, 0.15) is 5.82 Å². The number of anilines is 1. The topological polar surface area (TPSA) is 26.0 Å². The molecule has 19 heavy (non-hydrogen) atoms. The highest BCUT2D eigenvalue weighted by molar-refractivity contribution is 7.98. The van der Waals surface area contributed by atoms with E-state index in [4.69, 9.17) is 17.3 Å². The van der Waals surface area contributed by atoms with Crippen LogP contribution in [0.25, 0.3) is 0 Å². The second kappa shape index (κ2) is 5.85. The highest BCUT2D eigenvalue weighted by Gasteiger charge is 2.07. The van der Waals surface area contributed by atoms with Gasteiger partial charge in [0.05, 0.1) is 5.02 Å². The van der Waals surface area contributed by atoms with E-state index in [-0.39, 0.29) is 5.02 Å². The molecule has 4 heteroatoms. The molecule has 2 aromatic carbocycles. The molecule has 0 saturated heterocycles. The second-order valence-electron chi connectivity index (χ2n) is 4.59. The third-order valence-corrected chi connectivity index (χ3v) is 4.16. The van der Waals surface area contributed by atoms with Crippen LogP contribution in [0.5, 0.6) is 0 Å². The van der Waals surface area contributed by atoms with E-state index in [1.807, 2.05) is 0 Å². The molecule has 0 radical (unpaired) electrons. The summed E-state index contributed by atoms with van der Waals surface area (Å²) in [6.45, 7) is 4.13. The molecule has 2 N–H and O–H groups in total. The van der Waals surface area contributed by atoms with Gasteiger partial charge >= 0.3 is 0 Å². The first-order valence-electron chi connectivity index (χ1n) is 5.90. The molecule has 0 heterocycles. The summed E-state index contributed by atoms with van der Waals surface area (Å²) in [7, 11) is 0. The van der Waals surface area contributed by atoms with Crippen LogP contribution in [-0.4, -0.2) is 0 Å². The lowest BCUT2D eigenvalue weighted by Gasteiger charge is -2.08. The van der Waals surface area contributed by atoms with E-state index < -0.39 is 5.82 Å². The Morgan fingerprint density at radius 1 is 1.11 bits per heavy atom. The van der Waals surface area contributed by atoms with Crippen molar-refractivity contribution >= 4 is 29.1 Å². The third kappa shape index (κ3) is 3.64. The second-order valence-corrected chi connectivity index (χ2v) is 6.01. The zero-order valence-electron chi connectivity index (χ0n) is 10.8. The number of hydrogen-bond donors (Lipinski definition) is 1. The average Bonchev–Trinajstić information content (AvgIpc) is 2.31. The van der Waals surface area contributed by atoms with Gasteiger partial charge in [0, 0.05) is 16.3 Å². The van der Waals surface area contributed by atoms with Crippen molar-refractivity contribution in [2.24, 2.45) is 0 Å². The van der Waals surface area contributed by atoms with Crippen molar-refractivity contribution in [3.05, 3.63) is 57.9 Å². The molecule has 0 atom stereocenters. The van der Waals surface area contributed by atoms with E-state index in [2.05, 4.69) is 32.0 Å². The summed E-state index contributed by atoms with van der Waals surface area (Å²) >= 11 is 7.20. The molecule has 100 valence electrons. The van der Waals surface area contributed by atoms with Crippen molar-refractivity contribution in [2.75, 3.05) is 5.73 Å². The molecule has 0 aromatic heterocycles. The molecule has 0 aliphatic rings. The highest BCUT2D eigenvalue weighted by Crippen LogP contribution is 2.32. The van der Waals surface area contributed by atoms with Gasteiger partial charge in [0.15, 0.2) is 0 Å². The Kier molecular flexibility index (Phi) is 4.38. The molecule has 0 saturated carbocycles. The number of hydrogen-bond acceptors (Lipinski definition) is 2. The van der Waals surface area contributed by atoms with Gasteiger partial charge in [-0.1, -0.05) is 40.9 Å². The summed E-state index contributed by atoms with van der Waals surface area (Å²) in [5.41, 5.74) is 10.0. The van der Waals surface area contributed by atoms with Gasteiger partial charge in [0.2, 0.25) is 0 Å². The maximum Gasteiger partial charge on any atom is 0.143 e.